The smallest absolute Gasteiger partial charge is 0.304 e. The van der Waals surface area contributed by atoms with Crippen LogP contribution < -0.4 is 10.4 Å². The first-order chi connectivity index (χ1) is 11.9. The van der Waals surface area contributed by atoms with E-state index in [1.54, 1.807) is 31.5 Å². The van der Waals surface area contributed by atoms with Gasteiger partial charge in [0, 0.05) is 4.79 Å². The van der Waals surface area contributed by atoms with Crippen molar-refractivity contribution in [3.05, 3.63) is 66.2 Å². The molecule has 0 saturated carbocycles. The number of hydrogen-bond donors (Lipinski definition) is 2. The van der Waals surface area contributed by atoms with Crippen LogP contribution in [0.1, 0.15) is 5.56 Å². The number of benzene rings is 2. The molecule has 0 bridgehead atoms. The standard InChI is InChI=1S/C9H10N6.C6H6O3S/c1-14-9(10)15(13-12-14)11-7-8-5-3-2-4-6-8;7-10(8,9)6-4-2-1-3-5-6/h2-7,10H,1H3;1-5H,(H,7,8,9)/p+1/b11-7+;. The maximum atomic E-state index is 10.4. The number of rotatable bonds is 3. The van der Waals surface area contributed by atoms with E-state index >= 15 is 0 Å². The van der Waals surface area contributed by atoms with Crippen molar-refractivity contribution >= 4 is 22.3 Å². The molecule has 0 saturated heterocycles. The predicted octanol–water partition coefficient (Wildman–Crippen LogP) is 0.500. The van der Waals surface area contributed by atoms with Crippen molar-refractivity contribution in [2.45, 2.75) is 4.90 Å². The van der Waals surface area contributed by atoms with Crippen molar-refractivity contribution in [2.75, 3.05) is 5.73 Å². The summed E-state index contributed by atoms with van der Waals surface area (Å²) in [6.45, 7) is 0. The van der Waals surface area contributed by atoms with Gasteiger partial charge in [0.25, 0.3) is 10.1 Å². The van der Waals surface area contributed by atoms with Crippen LogP contribution in [0.4, 0.5) is 5.95 Å². The molecule has 0 atom stereocenters. The van der Waals surface area contributed by atoms with E-state index in [-0.39, 0.29) is 4.90 Å². The monoisotopic (exact) mass is 361 g/mol. The van der Waals surface area contributed by atoms with Crippen LogP contribution in [-0.4, -0.2) is 34.4 Å². The number of nitrogen functional groups attached to an aromatic ring is 1. The first kappa shape index (κ1) is 18.2. The van der Waals surface area contributed by atoms with Crippen LogP contribution >= 0.6 is 0 Å². The lowest BCUT2D eigenvalue weighted by atomic mass is 10.2. The fourth-order valence-electron chi connectivity index (χ4n) is 1.65. The van der Waals surface area contributed by atoms with Gasteiger partial charge >= 0.3 is 5.95 Å². The zero-order valence-electron chi connectivity index (χ0n) is 13.3. The van der Waals surface area contributed by atoms with E-state index < -0.39 is 10.1 Å². The second kappa shape index (κ2) is 8.13. The Hall–Kier alpha value is -3.11. The molecule has 1 heterocycles. The highest BCUT2D eigenvalue weighted by molar-refractivity contribution is 7.85. The maximum Gasteiger partial charge on any atom is 0.388 e. The third-order valence-electron chi connectivity index (χ3n) is 2.95. The predicted molar refractivity (Wildman–Crippen MR) is 91.3 cm³/mol. The molecule has 3 rings (SSSR count). The molecular weight excluding hydrogens is 344 g/mol. The van der Waals surface area contributed by atoms with Crippen LogP contribution in [-0.2, 0) is 17.2 Å². The van der Waals surface area contributed by atoms with Crippen molar-refractivity contribution in [3.63, 3.8) is 0 Å². The molecule has 1 aromatic heterocycles. The van der Waals surface area contributed by atoms with Crippen molar-refractivity contribution in [2.24, 2.45) is 12.1 Å². The number of hydrogen-bond acceptors (Lipinski definition) is 6. The minimum atomic E-state index is -4.00. The molecule has 25 heavy (non-hydrogen) atoms. The fraction of sp³-hybridized carbons (Fsp3) is 0.0667. The topological polar surface area (TPSA) is 127 Å². The summed E-state index contributed by atoms with van der Waals surface area (Å²) in [7, 11) is -2.30. The van der Waals surface area contributed by atoms with Crippen LogP contribution in [0.25, 0.3) is 0 Å². The number of aromatic nitrogens is 4. The number of nitrogens with two attached hydrogens (primary N) is 1. The summed E-state index contributed by atoms with van der Waals surface area (Å²) in [5, 5.41) is 11.5. The van der Waals surface area contributed by atoms with Crippen LogP contribution in [0.2, 0.25) is 0 Å². The van der Waals surface area contributed by atoms with E-state index in [2.05, 4.69) is 15.5 Å². The van der Waals surface area contributed by atoms with Gasteiger partial charge in [-0.3, -0.25) is 4.55 Å². The van der Waals surface area contributed by atoms with Gasteiger partial charge in [0.15, 0.2) is 0 Å². The highest BCUT2D eigenvalue weighted by atomic mass is 32.2. The van der Waals surface area contributed by atoms with Crippen LogP contribution in [0.15, 0.2) is 70.7 Å². The average molecular weight is 361 g/mol. The maximum absolute atomic E-state index is 10.4. The SMILES string of the molecule is C[n+]1nnn(/N=C/c2ccccc2)c1N.O=S(=O)(O)c1ccccc1. The van der Waals surface area contributed by atoms with Crippen molar-refractivity contribution in [3.8, 4) is 0 Å². The lowest BCUT2D eigenvalue weighted by Gasteiger charge is -1.92. The summed E-state index contributed by atoms with van der Waals surface area (Å²) in [4.78, 5) is 1.20. The van der Waals surface area contributed by atoms with E-state index in [1.165, 1.54) is 21.6 Å². The highest BCUT2D eigenvalue weighted by Gasteiger charge is 2.10. The molecule has 2 aromatic carbocycles. The molecule has 0 aliphatic heterocycles. The van der Waals surface area contributed by atoms with Gasteiger partial charge in [-0.05, 0) is 17.7 Å². The van der Waals surface area contributed by atoms with E-state index in [0.29, 0.717) is 5.95 Å². The summed E-state index contributed by atoms with van der Waals surface area (Å²) in [6, 6.07) is 17.1. The highest BCUT2D eigenvalue weighted by Crippen LogP contribution is 2.05. The summed E-state index contributed by atoms with van der Waals surface area (Å²) in [5.41, 5.74) is 6.64. The lowest BCUT2D eigenvalue weighted by molar-refractivity contribution is -0.718. The minimum absolute atomic E-state index is 0.0741. The first-order valence-corrected chi connectivity index (χ1v) is 8.51. The van der Waals surface area contributed by atoms with E-state index in [9.17, 15) is 8.42 Å². The molecule has 0 aliphatic rings. The van der Waals surface area contributed by atoms with Crippen LogP contribution in [0.5, 0.6) is 0 Å². The second-order valence-electron chi connectivity index (χ2n) is 4.79. The Balaban J connectivity index is 0.000000196. The van der Waals surface area contributed by atoms with Gasteiger partial charge in [-0.1, -0.05) is 53.6 Å². The molecule has 9 nitrogen and oxygen atoms in total. The Labute approximate surface area is 144 Å². The molecule has 0 spiro atoms. The third kappa shape index (κ3) is 5.48. The molecule has 0 amide bonds. The van der Waals surface area contributed by atoms with Gasteiger partial charge in [0.1, 0.15) is 5.21 Å². The Kier molecular flexibility index (Phi) is 5.93. The Morgan fingerprint density at radius 2 is 1.68 bits per heavy atom. The molecule has 3 aromatic rings. The molecule has 0 radical (unpaired) electrons. The van der Waals surface area contributed by atoms with Crippen molar-refractivity contribution in [1.82, 2.24) is 15.2 Å². The number of aryl methyl sites for hydroxylation is 1. The number of anilines is 1. The molecule has 10 heteroatoms. The quantitative estimate of drug-likeness (QED) is 0.397. The van der Waals surface area contributed by atoms with E-state index in [1.807, 2.05) is 30.3 Å². The largest absolute Gasteiger partial charge is 0.388 e. The van der Waals surface area contributed by atoms with Crippen LogP contribution in [0, 0.1) is 0 Å². The van der Waals surface area contributed by atoms with E-state index in [0.717, 1.165) is 5.56 Å². The summed E-state index contributed by atoms with van der Waals surface area (Å²) in [5.74, 6) is 0.377. The van der Waals surface area contributed by atoms with Crippen molar-refractivity contribution in [1.29, 1.82) is 0 Å². The summed E-state index contributed by atoms with van der Waals surface area (Å²) < 4.78 is 30.7. The molecular formula is C15H17N6O3S+. The Morgan fingerprint density at radius 3 is 2.12 bits per heavy atom. The van der Waals surface area contributed by atoms with E-state index in [4.69, 9.17) is 10.3 Å². The summed E-state index contributed by atoms with van der Waals surface area (Å²) in [6.07, 6.45) is 1.67. The zero-order valence-corrected chi connectivity index (χ0v) is 14.2. The molecule has 130 valence electrons. The molecule has 0 fully saturated rings. The van der Waals surface area contributed by atoms with Crippen molar-refractivity contribution < 1.29 is 17.7 Å². The Bertz CT molecular complexity index is 940. The normalized spacial score (nSPS) is 11.1. The Morgan fingerprint density at radius 1 is 1.12 bits per heavy atom. The molecule has 0 aliphatic carbocycles. The second-order valence-corrected chi connectivity index (χ2v) is 6.22. The minimum Gasteiger partial charge on any atom is -0.304 e. The molecule has 0 unspecified atom stereocenters. The van der Waals surface area contributed by atoms with Gasteiger partial charge in [-0.2, -0.15) is 8.42 Å². The van der Waals surface area contributed by atoms with Gasteiger partial charge < -0.3 is 5.73 Å². The first-order valence-electron chi connectivity index (χ1n) is 7.07. The number of nitrogens with zero attached hydrogens (tertiary/aromatic N) is 5. The number of tetrazole rings is 1. The van der Waals surface area contributed by atoms with Gasteiger partial charge in [0.05, 0.1) is 23.4 Å². The molecule has 3 N–H and O–H groups in total. The lowest BCUT2D eigenvalue weighted by Crippen LogP contribution is -2.33. The fourth-order valence-corrected chi connectivity index (χ4v) is 2.16. The third-order valence-corrected chi connectivity index (χ3v) is 3.82. The summed E-state index contributed by atoms with van der Waals surface area (Å²) >= 11 is 0. The van der Waals surface area contributed by atoms with Gasteiger partial charge in [0.2, 0.25) is 0 Å². The van der Waals surface area contributed by atoms with Gasteiger partial charge in [-0.15, -0.1) is 4.68 Å². The zero-order chi connectivity index (χ0) is 18.3. The average Bonchev–Trinajstić information content (AvgIpc) is 2.93. The van der Waals surface area contributed by atoms with Crippen LogP contribution in [0.3, 0.4) is 0 Å². The van der Waals surface area contributed by atoms with Gasteiger partial charge in [-0.25, -0.2) is 0 Å².